The van der Waals surface area contributed by atoms with Gasteiger partial charge in [0.2, 0.25) is 35.4 Å². The number of urea groups is 2. The number of aliphatic hydroxyl groups is 5. The molecular weight excluding hydrogens is 1230 g/mol. The fourth-order valence-electron chi connectivity index (χ4n) is 12.1. The van der Waals surface area contributed by atoms with Gasteiger partial charge < -0.3 is 96.7 Å². The fourth-order valence-corrected chi connectivity index (χ4v) is 15.2. The molecule has 0 aromatic heterocycles. The number of hydrazone groups is 2. The van der Waals surface area contributed by atoms with Gasteiger partial charge in [0.25, 0.3) is 6.02 Å². The van der Waals surface area contributed by atoms with Crippen LogP contribution in [-0.4, -0.2) is 263 Å². The van der Waals surface area contributed by atoms with Crippen molar-refractivity contribution in [2.75, 3.05) is 58.5 Å². The topological polar surface area (TPSA) is 444 Å². The van der Waals surface area contributed by atoms with E-state index in [1.807, 2.05) is 23.5 Å². The third-order valence-electron chi connectivity index (χ3n) is 16.7. The van der Waals surface area contributed by atoms with Gasteiger partial charge in [0.15, 0.2) is 12.6 Å². The van der Waals surface area contributed by atoms with Crippen LogP contribution in [0.2, 0.25) is 0 Å². The average Bonchev–Trinajstić information content (AvgIpc) is 1.69. The minimum absolute atomic E-state index is 0.0362. The first-order chi connectivity index (χ1) is 43.8. The highest BCUT2D eigenvalue weighted by atomic mass is 32.2. The minimum Gasteiger partial charge on any atom is -0.459 e. The van der Waals surface area contributed by atoms with E-state index in [1.165, 1.54) is 0 Å². The van der Waals surface area contributed by atoms with Gasteiger partial charge in [-0.05, 0) is 51.4 Å². The Hall–Kier alpha value is -5.69. The molecule has 19 atom stereocenters. The first-order valence-corrected chi connectivity index (χ1v) is 33.7. The summed E-state index contributed by atoms with van der Waals surface area (Å²) in [6, 6.07) is -3.27. The molecule has 7 rings (SSSR count). The van der Waals surface area contributed by atoms with E-state index in [9.17, 15) is 63.9 Å². The van der Waals surface area contributed by atoms with Crippen molar-refractivity contribution in [3.63, 3.8) is 0 Å². The smallest absolute Gasteiger partial charge is 0.315 e. The molecule has 5 saturated heterocycles. The van der Waals surface area contributed by atoms with E-state index in [1.54, 1.807) is 19.0 Å². The number of aliphatic imine (C=N–C) groups is 1. The van der Waals surface area contributed by atoms with Gasteiger partial charge in [-0.1, -0.05) is 25.7 Å². The van der Waals surface area contributed by atoms with Crippen LogP contribution in [0.15, 0.2) is 15.2 Å². The maximum Gasteiger partial charge on any atom is 0.315 e. The second kappa shape index (κ2) is 36.7. The predicted molar refractivity (Wildman–Crippen MR) is 333 cm³/mol. The van der Waals surface area contributed by atoms with Gasteiger partial charge in [0, 0.05) is 88.7 Å². The molecule has 32 nitrogen and oxygen atoms in total. The fraction of sp³-hybridized carbons (Fsp3) is 0.807. The van der Waals surface area contributed by atoms with Crippen molar-refractivity contribution in [2.24, 2.45) is 21.1 Å². The number of thioether (sulfide) groups is 2. The molecule has 91 heavy (non-hydrogen) atoms. The lowest BCUT2D eigenvalue weighted by atomic mass is 9.96. The van der Waals surface area contributed by atoms with Gasteiger partial charge in [-0.15, -0.1) is 0 Å². The van der Waals surface area contributed by atoms with Gasteiger partial charge in [-0.3, -0.25) is 28.8 Å². The Bertz CT molecular complexity index is 2530. The van der Waals surface area contributed by atoms with Crippen molar-refractivity contribution in [3.8, 4) is 0 Å². The minimum atomic E-state index is -1.83. The molecule has 0 radical (unpaired) electrons. The van der Waals surface area contributed by atoms with Crippen LogP contribution < -0.4 is 53.4 Å². The summed E-state index contributed by atoms with van der Waals surface area (Å²) in [4.78, 5) is 106. The van der Waals surface area contributed by atoms with E-state index >= 15 is 0 Å². The molecule has 6 aliphatic heterocycles. The van der Waals surface area contributed by atoms with Crippen molar-refractivity contribution in [3.05, 3.63) is 0 Å². The maximum absolute atomic E-state index is 13.0. The molecule has 0 bridgehead atoms. The van der Waals surface area contributed by atoms with Crippen LogP contribution in [0, 0.1) is 5.92 Å². The lowest BCUT2D eigenvalue weighted by molar-refractivity contribution is -0.319. The quantitative estimate of drug-likeness (QED) is 0.00978. The summed E-state index contributed by atoms with van der Waals surface area (Å²) in [6.45, 7) is 0.998. The van der Waals surface area contributed by atoms with Gasteiger partial charge in [0.1, 0.15) is 54.7 Å². The number of fused-ring (bicyclic) bond motifs is 3. The predicted octanol–water partition coefficient (Wildman–Crippen LogP) is -2.78. The Balaban J connectivity index is 0.911. The average molecular weight is 1330 g/mol. The zero-order chi connectivity index (χ0) is 65.6. The Morgan fingerprint density at radius 3 is 1.77 bits per heavy atom. The zero-order valence-electron chi connectivity index (χ0n) is 52.0. The number of rotatable bonds is 38. The molecule has 7 aliphatic rings. The zero-order valence-corrected chi connectivity index (χ0v) is 53.7. The summed E-state index contributed by atoms with van der Waals surface area (Å²) < 4.78 is 30.9. The van der Waals surface area contributed by atoms with Gasteiger partial charge in [0.05, 0.1) is 68.4 Å². The van der Waals surface area contributed by atoms with Crippen LogP contribution in [0.4, 0.5) is 9.59 Å². The molecular formula is C57H94N14O18S2. The molecule has 10 amide bonds. The number of amidine groups is 1. The Morgan fingerprint density at radius 1 is 0.703 bits per heavy atom. The molecule has 512 valence electrons. The normalized spacial score (nSPS) is 30.6. The highest BCUT2D eigenvalue weighted by Crippen LogP contribution is 2.40. The number of amides is 10. The number of ether oxygens (including phenoxy) is 5. The molecule has 1 saturated carbocycles. The molecule has 15 unspecified atom stereocenters. The second-order valence-corrected chi connectivity index (χ2v) is 26.5. The monoisotopic (exact) mass is 1330 g/mol. The van der Waals surface area contributed by atoms with Gasteiger partial charge in [-0.2, -0.15) is 33.7 Å². The maximum atomic E-state index is 13.0. The summed E-state index contributed by atoms with van der Waals surface area (Å²) in [5.74, 6) is -1.54. The van der Waals surface area contributed by atoms with E-state index in [0.29, 0.717) is 75.0 Å². The molecule has 1 aliphatic carbocycles. The number of nitrogens with zero attached hydrogens (tertiary/aromatic N) is 4. The summed E-state index contributed by atoms with van der Waals surface area (Å²) in [5.41, 5.74) is 4.79. The highest BCUT2D eigenvalue weighted by Gasteiger charge is 2.58. The van der Waals surface area contributed by atoms with Crippen molar-refractivity contribution in [1.29, 1.82) is 0 Å². The number of unbranched alkanes of at least 4 members (excludes halogenated alkanes) is 6. The van der Waals surface area contributed by atoms with Crippen LogP contribution in [-0.2, 0) is 52.5 Å². The standard InChI is InChI=1S/C57H94N14O18S2/c1-30(75)62-34(24-61-70-43(80)20-8-6-14-22-59-41(78)18-12-10-16-39-45-36(29-91-39)65-56(84)67-45)53(85-32(25-72)23-60-69-42(79)19-7-5-13-21-58-40(77)17-11-9-15-38-44-35(28-90-38)64-55(83)66-44)88-52-37(27-74)86-54(47(49(52)82)63-31(2)76)87-51-33(26-73)50-46(48(51)81)68-57(89-50)71(3)4/h23-24,32-39,44-54,72-74,81-82H,5-22,25-29H2,1-4H3,(H,58,77)(H,59,78)(H,62,75)(H,63,76)(H,69,79)(H,70,80)(H2,64,66,83)(H2,65,67,84)/b60-23+,61-24+/t32?,33?,34?,35-,36-,37?,38?,39?,44-,45-,46?,47?,48?,49?,50?,51?,52?,53?,54?/m0/s1. The molecule has 6 fully saturated rings. The first-order valence-electron chi connectivity index (χ1n) is 31.6. The van der Waals surface area contributed by atoms with Crippen LogP contribution in [0.1, 0.15) is 117 Å². The second-order valence-electron chi connectivity index (χ2n) is 24.0. The van der Waals surface area contributed by atoms with Crippen molar-refractivity contribution >= 4 is 89.5 Å². The van der Waals surface area contributed by atoms with Crippen LogP contribution >= 0.6 is 23.5 Å². The third-order valence-corrected chi connectivity index (χ3v) is 19.8. The number of hydrogen-bond acceptors (Lipinski definition) is 24. The summed E-state index contributed by atoms with van der Waals surface area (Å²) in [7, 11) is 3.39. The Morgan fingerprint density at radius 2 is 1.25 bits per heavy atom. The Kier molecular flexibility index (Phi) is 29.3. The lowest BCUT2D eigenvalue weighted by Crippen LogP contribution is -2.67. The van der Waals surface area contributed by atoms with E-state index < -0.39 is 123 Å². The van der Waals surface area contributed by atoms with E-state index in [2.05, 4.69) is 68.6 Å². The first kappa shape index (κ1) is 72.7. The van der Waals surface area contributed by atoms with E-state index in [4.69, 9.17) is 23.7 Å². The number of carbonyl (C=O) groups excluding carboxylic acids is 8. The molecule has 6 heterocycles. The van der Waals surface area contributed by atoms with E-state index in [0.717, 1.165) is 76.3 Å². The van der Waals surface area contributed by atoms with Crippen LogP contribution in [0.3, 0.4) is 0 Å². The molecule has 15 N–H and O–H groups in total. The van der Waals surface area contributed by atoms with Gasteiger partial charge >= 0.3 is 12.1 Å². The number of hydrogen-bond donors (Lipinski definition) is 15. The number of nitrogens with one attached hydrogen (secondary N) is 10. The van der Waals surface area contributed by atoms with Gasteiger partial charge in [-0.25, -0.2) is 25.4 Å². The van der Waals surface area contributed by atoms with E-state index in [-0.39, 0.29) is 66.9 Å². The SMILES string of the molecule is CC(=O)NC(/C=N/NC(=O)CCCCCNC(=O)CCCCC1SC[C@@H]2NC(=O)N[C@H]12)C(OC(/C=N/NC(=O)CCCCCNC(=O)CCCCC1SC[C@@H]2NC(=O)N[C@H]12)CO)OC1C(CO)OC(OC2C(O)C3N=C(N(C)C)OC3C2CO)C(NC(C)=O)C1O. The van der Waals surface area contributed by atoms with Crippen LogP contribution in [0.25, 0.3) is 0 Å². The molecule has 34 heteroatoms. The summed E-state index contributed by atoms with van der Waals surface area (Å²) in [5, 5.41) is 87.0. The number of carbonyl (C=O) groups is 8. The molecule has 0 spiro atoms. The summed E-state index contributed by atoms with van der Waals surface area (Å²) >= 11 is 3.67. The van der Waals surface area contributed by atoms with Crippen molar-refractivity contribution < 1.29 is 87.6 Å². The molecule has 0 aromatic rings. The Labute approximate surface area is 537 Å². The van der Waals surface area contributed by atoms with Crippen molar-refractivity contribution in [2.45, 2.75) is 225 Å². The highest BCUT2D eigenvalue weighted by molar-refractivity contribution is 8.00. The largest absolute Gasteiger partial charge is 0.459 e. The number of aliphatic hydroxyl groups excluding tert-OH is 5. The van der Waals surface area contributed by atoms with Crippen LogP contribution in [0.5, 0.6) is 0 Å². The third kappa shape index (κ3) is 21.7. The molecule has 0 aromatic carbocycles. The lowest BCUT2D eigenvalue weighted by Gasteiger charge is -2.46. The van der Waals surface area contributed by atoms with Crippen molar-refractivity contribution in [1.82, 2.24) is 58.3 Å². The summed E-state index contributed by atoms with van der Waals surface area (Å²) in [6.07, 6.45) is -1.83.